The topological polar surface area (TPSA) is 115 Å². The second kappa shape index (κ2) is 8.56. The van der Waals surface area contributed by atoms with Gasteiger partial charge in [-0.25, -0.2) is 14.5 Å². The Morgan fingerprint density at radius 1 is 1.10 bits per heavy atom. The Labute approximate surface area is 172 Å². The van der Waals surface area contributed by atoms with Crippen LogP contribution in [0.3, 0.4) is 0 Å². The Kier molecular flexibility index (Phi) is 5.51. The Bertz CT molecular complexity index is 1060. The van der Waals surface area contributed by atoms with Crippen molar-refractivity contribution < 1.29 is 19.1 Å². The molecule has 1 aliphatic rings. The van der Waals surface area contributed by atoms with Crippen LogP contribution in [0.5, 0.6) is 0 Å². The van der Waals surface area contributed by atoms with Crippen molar-refractivity contribution in [2.45, 2.75) is 18.9 Å². The van der Waals surface area contributed by atoms with Crippen molar-refractivity contribution in [1.29, 1.82) is 0 Å². The minimum absolute atomic E-state index is 0.175. The van der Waals surface area contributed by atoms with Crippen molar-refractivity contribution in [3.05, 3.63) is 72.2 Å². The average Bonchev–Trinajstić information content (AvgIpc) is 3.40. The van der Waals surface area contributed by atoms with E-state index in [9.17, 15) is 14.4 Å². The SMILES string of the molecule is O=C(COC(=O)c1ccc(-n2cccn2)nc1)Nc1cccc(C(=O)NC2CC2)c1. The van der Waals surface area contributed by atoms with E-state index in [1.807, 2.05) is 0 Å². The molecule has 2 amide bonds. The van der Waals surface area contributed by atoms with Gasteiger partial charge in [0.1, 0.15) is 0 Å². The molecule has 2 aromatic heterocycles. The number of nitrogens with one attached hydrogen (secondary N) is 2. The summed E-state index contributed by atoms with van der Waals surface area (Å²) in [5, 5.41) is 9.56. The van der Waals surface area contributed by atoms with Crippen LogP contribution in [0.2, 0.25) is 0 Å². The zero-order chi connectivity index (χ0) is 20.9. The van der Waals surface area contributed by atoms with Crippen LogP contribution in [0.15, 0.2) is 61.1 Å². The maximum Gasteiger partial charge on any atom is 0.340 e. The lowest BCUT2D eigenvalue weighted by atomic mass is 10.2. The lowest BCUT2D eigenvalue weighted by Gasteiger charge is -2.09. The van der Waals surface area contributed by atoms with Crippen molar-refractivity contribution in [2.75, 3.05) is 11.9 Å². The van der Waals surface area contributed by atoms with Gasteiger partial charge in [0.05, 0.1) is 5.56 Å². The van der Waals surface area contributed by atoms with E-state index in [1.165, 1.54) is 6.20 Å². The van der Waals surface area contributed by atoms with Gasteiger partial charge in [0.15, 0.2) is 12.4 Å². The number of ether oxygens (including phenoxy) is 1. The van der Waals surface area contributed by atoms with Gasteiger partial charge >= 0.3 is 5.97 Å². The molecule has 1 saturated carbocycles. The molecule has 2 N–H and O–H groups in total. The summed E-state index contributed by atoms with van der Waals surface area (Å²) in [5.74, 6) is -0.794. The largest absolute Gasteiger partial charge is 0.452 e. The number of rotatable bonds is 7. The first-order chi connectivity index (χ1) is 14.6. The van der Waals surface area contributed by atoms with Crippen molar-refractivity contribution in [2.24, 2.45) is 0 Å². The van der Waals surface area contributed by atoms with Crippen LogP contribution < -0.4 is 10.6 Å². The van der Waals surface area contributed by atoms with Gasteiger partial charge in [-0.15, -0.1) is 0 Å². The zero-order valence-electron chi connectivity index (χ0n) is 15.9. The summed E-state index contributed by atoms with van der Waals surface area (Å²) in [6, 6.07) is 11.8. The monoisotopic (exact) mass is 405 g/mol. The van der Waals surface area contributed by atoms with E-state index in [0.29, 0.717) is 17.1 Å². The molecule has 0 saturated heterocycles. The fourth-order valence-electron chi connectivity index (χ4n) is 2.69. The van der Waals surface area contributed by atoms with E-state index < -0.39 is 18.5 Å². The maximum atomic E-state index is 12.1. The Hall–Kier alpha value is -4.01. The molecule has 0 bridgehead atoms. The molecule has 9 nitrogen and oxygen atoms in total. The highest BCUT2D eigenvalue weighted by Gasteiger charge is 2.23. The summed E-state index contributed by atoms with van der Waals surface area (Å²) >= 11 is 0. The number of hydrogen-bond donors (Lipinski definition) is 2. The van der Waals surface area contributed by atoms with Gasteiger partial charge < -0.3 is 15.4 Å². The number of carbonyl (C=O) groups is 3. The fourth-order valence-corrected chi connectivity index (χ4v) is 2.69. The van der Waals surface area contributed by atoms with Crippen LogP contribution >= 0.6 is 0 Å². The molecule has 1 aliphatic carbocycles. The Morgan fingerprint density at radius 2 is 1.97 bits per heavy atom. The summed E-state index contributed by atoms with van der Waals surface area (Å²) < 4.78 is 6.60. The van der Waals surface area contributed by atoms with E-state index in [0.717, 1.165) is 12.8 Å². The van der Waals surface area contributed by atoms with Crippen LogP contribution in [-0.2, 0) is 9.53 Å². The van der Waals surface area contributed by atoms with Gasteiger partial charge in [-0.05, 0) is 49.2 Å². The Balaban J connectivity index is 1.29. The molecule has 1 fully saturated rings. The maximum absolute atomic E-state index is 12.1. The molecular formula is C21H19N5O4. The van der Waals surface area contributed by atoms with Crippen molar-refractivity contribution in [1.82, 2.24) is 20.1 Å². The predicted molar refractivity (Wildman–Crippen MR) is 107 cm³/mol. The number of esters is 1. The van der Waals surface area contributed by atoms with Crippen molar-refractivity contribution in [3.63, 3.8) is 0 Å². The highest BCUT2D eigenvalue weighted by Crippen LogP contribution is 2.20. The number of hydrogen-bond acceptors (Lipinski definition) is 6. The first-order valence-electron chi connectivity index (χ1n) is 9.42. The molecule has 0 unspecified atom stereocenters. The predicted octanol–water partition coefficient (Wildman–Crippen LogP) is 1.95. The van der Waals surface area contributed by atoms with Gasteiger partial charge in [-0.1, -0.05) is 6.07 Å². The first kappa shape index (κ1) is 19.3. The summed E-state index contributed by atoms with van der Waals surface area (Å²) in [6.45, 7) is -0.460. The summed E-state index contributed by atoms with van der Waals surface area (Å²) in [4.78, 5) is 40.5. The molecular weight excluding hydrogens is 386 g/mol. The molecule has 0 atom stereocenters. The third-order valence-corrected chi connectivity index (χ3v) is 4.38. The number of pyridine rings is 1. The molecule has 4 rings (SSSR count). The minimum atomic E-state index is -0.665. The third kappa shape index (κ3) is 4.88. The summed E-state index contributed by atoms with van der Waals surface area (Å²) in [5.41, 5.74) is 1.13. The minimum Gasteiger partial charge on any atom is -0.452 e. The van der Waals surface area contributed by atoms with Crippen LogP contribution in [0, 0.1) is 0 Å². The van der Waals surface area contributed by atoms with E-state index in [2.05, 4.69) is 20.7 Å². The average molecular weight is 405 g/mol. The molecule has 3 aromatic rings. The number of benzene rings is 1. The van der Waals surface area contributed by atoms with Gasteiger partial charge in [-0.2, -0.15) is 5.10 Å². The smallest absolute Gasteiger partial charge is 0.340 e. The molecule has 152 valence electrons. The quantitative estimate of drug-likeness (QED) is 0.581. The van der Waals surface area contributed by atoms with Crippen molar-refractivity contribution >= 4 is 23.5 Å². The van der Waals surface area contributed by atoms with E-state index in [1.54, 1.807) is 59.5 Å². The van der Waals surface area contributed by atoms with Crippen molar-refractivity contribution in [3.8, 4) is 5.82 Å². The number of anilines is 1. The first-order valence-corrected chi connectivity index (χ1v) is 9.42. The molecule has 0 spiro atoms. The van der Waals surface area contributed by atoms with Crippen LogP contribution in [-0.4, -0.2) is 45.2 Å². The molecule has 1 aromatic carbocycles. The van der Waals surface area contributed by atoms with Crippen LogP contribution in [0.4, 0.5) is 5.69 Å². The Morgan fingerprint density at radius 3 is 2.67 bits per heavy atom. The lowest BCUT2D eigenvalue weighted by molar-refractivity contribution is -0.119. The fraction of sp³-hybridized carbons (Fsp3) is 0.190. The third-order valence-electron chi connectivity index (χ3n) is 4.38. The molecule has 0 radical (unpaired) electrons. The van der Waals surface area contributed by atoms with Crippen LogP contribution in [0.25, 0.3) is 5.82 Å². The number of carbonyl (C=O) groups excluding carboxylic acids is 3. The summed E-state index contributed by atoms with van der Waals surface area (Å²) in [7, 11) is 0. The highest BCUT2D eigenvalue weighted by molar-refractivity contribution is 5.98. The molecule has 30 heavy (non-hydrogen) atoms. The number of aromatic nitrogens is 3. The molecule has 0 aliphatic heterocycles. The van der Waals surface area contributed by atoms with Gasteiger partial charge in [0.2, 0.25) is 0 Å². The second-order valence-electron chi connectivity index (χ2n) is 6.81. The number of amides is 2. The van der Waals surface area contributed by atoms with Gasteiger partial charge in [0.25, 0.3) is 11.8 Å². The second-order valence-corrected chi connectivity index (χ2v) is 6.81. The standard InChI is InChI=1S/C21H19N5O4/c27-19(24-17-4-1-3-14(11-17)20(28)25-16-6-7-16)13-30-21(29)15-5-8-18(22-12-15)26-10-2-9-23-26/h1-5,8-12,16H,6-7,13H2,(H,24,27)(H,25,28). The van der Waals surface area contributed by atoms with Gasteiger partial charge in [-0.3, -0.25) is 9.59 Å². The normalized spacial score (nSPS) is 12.8. The number of nitrogens with zero attached hydrogens (tertiary/aromatic N) is 3. The van der Waals surface area contributed by atoms with E-state index in [4.69, 9.17) is 4.74 Å². The zero-order valence-corrected chi connectivity index (χ0v) is 15.9. The summed E-state index contributed by atoms with van der Waals surface area (Å²) in [6.07, 6.45) is 6.70. The highest BCUT2D eigenvalue weighted by atomic mass is 16.5. The van der Waals surface area contributed by atoms with E-state index in [-0.39, 0.29) is 17.5 Å². The van der Waals surface area contributed by atoms with E-state index >= 15 is 0 Å². The van der Waals surface area contributed by atoms with Gasteiger partial charge in [0, 0.05) is 35.9 Å². The lowest BCUT2D eigenvalue weighted by Crippen LogP contribution is -2.25. The molecule has 9 heteroatoms. The molecule has 2 heterocycles. The van der Waals surface area contributed by atoms with Crippen LogP contribution in [0.1, 0.15) is 33.6 Å².